The van der Waals surface area contributed by atoms with Gasteiger partial charge in [-0.2, -0.15) is 0 Å². The third-order valence-electron chi connectivity index (χ3n) is 3.53. The molecule has 1 rings (SSSR count). The number of nitrogens with zero attached hydrogens (tertiary/aromatic N) is 1. The van der Waals surface area contributed by atoms with Crippen molar-refractivity contribution in [1.82, 2.24) is 4.90 Å². The Morgan fingerprint density at radius 1 is 1.42 bits per heavy atom. The average molecular weight is 273 g/mol. The van der Waals surface area contributed by atoms with Gasteiger partial charge in [0.2, 0.25) is 6.41 Å². The number of carbonyl (C=O) groups excluding carboxylic acids is 2. The van der Waals surface area contributed by atoms with Crippen LogP contribution in [0, 0.1) is 5.41 Å². The first-order valence-corrected chi connectivity index (χ1v) is 6.18. The SMILES string of the molecule is COC(=O)[C@]1(C(C)(C)O)COC(C(C)(C)C)N1C=O. The van der Waals surface area contributed by atoms with Crippen LogP contribution in [0.5, 0.6) is 0 Å². The van der Waals surface area contributed by atoms with Crippen LogP contribution in [0.2, 0.25) is 0 Å². The van der Waals surface area contributed by atoms with Crippen LogP contribution in [0.15, 0.2) is 0 Å². The second kappa shape index (κ2) is 4.76. The molecule has 1 aliphatic heterocycles. The van der Waals surface area contributed by atoms with E-state index in [-0.39, 0.29) is 12.0 Å². The second-order valence-electron chi connectivity index (χ2n) is 6.45. The van der Waals surface area contributed by atoms with Crippen molar-refractivity contribution in [3.8, 4) is 0 Å². The lowest BCUT2D eigenvalue weighted by Gasteiger charge is -2.44. The maximum Gasteiger partial charge on any atom is 0.337 e. The van der Waals surface area contributed by atoms with Crippen LogP contribution < -0.4 is 0 Å². The Kier molecular flexibility index (Phi) is 3.98. The summed E-state index contributed by atoms with van der Waals surface area (Å²) in [4.78, 5) is 24.9. The van der Waals surface area contributed by atoms with Gasteiger partial charge in [0.25, 0.3) is 0 Å². The number of amides is 1. The zero-order valence-corrected chi connectivity index (χ0v) is 12.4. The maximum absolute atomic E-state index is 12.2. The molecule has 0 aromatic heterocycles. The number of carbonyl (C=O) groups is 2. The molecule has 0 radical (unpaired) electrons. The first kappa shape index (κ1) is 15.9. The van der Waals surface area contributed by atoms with Gasteiger partial charge >= 0.3 is 5.97 Å². The molecular weight excluding hydrogens is 250 g/mol. The molecule has 1 amide bonds. The molecule has 1 N–H and O–H groups in total. The maximum atomic E-state index is 12.2. The Morgan fingerprint density at radius 3 is 2.26 bits per heavy atom. The zero-order chi connectivity index (χ0) is 15.1. The molecule has 0 aromatic rings. The number of rotatable bonds is 3. The van der Waals surface area contributed by atoms with Gasteiger partial charge in [-0.25, -0.2) is 4.79 Å². The van der Waals surface area contributed by atoms with Gasteiger partial charge in [-0.3, -0.25) is 9.69 Å². The molecule has 1 unspecified atom stereocenters. The van der Waals surface area contributed by atoms with Gasteiger partial charge in [0.1, 0.15) is 6.23 Å². The lowest BCUT2D eigenvalue weighted by Crippen LogP contribution is -2.67. The van der Waals surface area contributed by atoms with Crippen molar-refractivity contribution >= 4 is 12.4 Å². The molecule has 19 heavy (non-hydrogen) atoms. The van der Waals surface area contributed by atoms with Gasteiger partial charge in [0.15, 0.2) is 5.54 Å². The average Bonchev–Trinajstić information content (AvgIpc) is 2.66. The summed E-state index contributed by atoms with van der Waals surface area (Å²) in [6, 6.07) is 0. The van der Waals surface area contributed by atoms with Crippen LogP contribution in [0.1, 0.15) is 34.6 Å². The summed E-state index contributed by atoms with van der Waals surface area (Å²) in [7, 11) is 1.23. The van der Waals surface area contributed by atoms with E-state index >= 15 is 0 Å². The molecule has 6 heteroatoms. The highest BCUT2D eigenvalue weighted by Gasteiger charge is 2.63. The standard InChI is InChI=1S/C13H23NO5/c1-11(2,3)9-14(8-15)13(7-19-9,10(16)18-6)12(4,5)17/h8-9,17H,7H2,1-6H3/t9?,13-/m0/s1. The summed E-state index contributed by atoms with van der Waals surface area (Å²) in [5.41, 5.74) is -3.40. The lowest BCUT2D eigenvalue weighted by atomic mass is 9.81. The summed E-state index contributed by atoms with van der Waals surface area (Å²) in [5.74, 6) is -0.682. The summed E-state index contributed by atoms with van der Waals surface area (Å²) >= 11 is 0. The highest BCUT2D eigenvalue weighted by molar-refractivity contribution is 5.85. The van der Waals surface area contributed by atoms with E-state index in [0.29, 0.717) is 6.41 Å². The predicted molar refractivity (Wildman–Crippen MR) is 68.1 cm³/mol. The van der Waals surface area contributed by atoms with E-state index < -0.39 is 23.3 Å². The van der Waals surface area contributed by atoms with Crippen LogP contribution in [0.3, 0.4) is 0 Å². The van der Waals surface area contributed by atoms with Crippen molar-refractivity contribution in [2.24, 2.45) is 5.41 Å². The van der Waals surface area contributed by atoms with Gasteiger partial charge in [-0.05, 0) is 13.8 Å². The van der Waals surface area contributed by atoms with Gasteiger partial charge in [0.05, 0.1) is 19.3 Å². The Labute approximate surface area is 113 Å². The molecule has 1 saturated heterocycles. The Hall–Kier alpha value is -1.14. The monoisotopic (exact) mass is 273 g/mol. The summed E-state index contributed by atoms with van der Waals surface area (Å²) in [6.45, 7) is 8.52. The van der Waals surface area contributed by atoms with Crippen LogP contribution >= 0.6 is 0 Å². The largest absolute Gasteiger partial charge is 0.467 e. The molecule has 6 nitrogen and oxygen atoms in total. The Bertz CT molecular complexity index is 368. The van der Waals surface area contributed by atoms with Crippen molar-refractivity contribution in [1.29, 1.82) is 0 Å². The van der Waals surface area contributed by atoms with E-state index in [1.165, 1.54) is 25.9 Å². The first-order chi connectivity index (χ1) is 8.52. The molecular formula is C13H23NO5. The smallest absolute Gasteiger partial charge is 0.337 e. The van der Waals surface area contributed by atoms with Crippen LogP contribution in [-0.2, 0) is 19.1 Å². The second-order valence-corrected chi connectivity index (χ2v) is 6.45. The molecule has 1 heterocycles. The summed E-state index contributed by atoms with van der Waals surface area (Å²) in [6.07, 6.45) is -0.0619. The van der Waals surface area contributed by atoms with E-state index in [2.05, 4.69) is 0 Å². The number of methoxy groups -OCH3 is 1. The van der Waals surface area contributed by atoms with Crippen molar-refractivity contribution in [3.63, 3.8) is 0 Å². The van der Waals surface area contributed by atoms with Gasteiger partial charge in [0, 0.05) is 5.41 Å². The molecule has 0 spiro atoms. The minimum atomic E-state index is -1.53. The summed E-state index contributed by atoms with van der Waals surface area (Å²) in [5, 5.41) is 10.4. The molecule has 0 bridgehead atoms. The lowest BCUT2D eigenvalue weighted by molar-refractivity contribution is -0.175. The minimum Gasteiger partial charge on any atom is -0.467 e. The minimum absolute atomic E-state index is 0.0934. The molecule has 0 saturated carbocycles. The Balaban J connectivity index is 3.35. The van der Waals surface area contributed by atoms with Gasteiger partial charge < -0.3 is 14.6 Å². The number of aliphatic hydroxyl groups is 1. The molecule has 1 aliphatic rings. The fourth-order valence-corrected chi connectivity index (χ4v) is 2.44. The molecule has 110 valence electrons. The number of hydrogen-bond donors (Lipinski definition) is 1. The zero-order valence-electron chi connectivity index (χ0n) is 12.4. The Morgan fingerprint density at radius 2 is 1.95 bits per heavy atom. The number of esters is 1. The third-order valence-corrected chi connectivity index (χ3v) is 3.53. The van der Waals surface area contributed by atoms with Crippen molar-refractivity contribution in [2.75, 3.05) is 13.7 Å². The first-order valence-electron chi connectivity index (χ1n) is 6.18. The summed E-state index contributed by atoms with van der Waals surface area (Å²) < 4.78 is 10.4. The predicted octanol–water partition coefficient (Wildman–Crippen LogP) is 0.530. The molecule has 2 atom stereocenters. The van der Waals surface area contributed by atoms with E-state index in [0.717, 1.165) is 0 Å². The van der Waals surface area contributed by atoms with Crippen LogP contribution in [0.25, 0.3) is 0 Å². The fraction of sp³-hybridized carbons (Fsp3) is 0.846. The van der Waals surface area contributed by atoms with Gasteiger partial charge in [-0.1, -0.05) is 20.8 Å². The van der Waals surface area contributed by atoms with E-state index in [4.69, 9.17) is 9.47 Å². The fourth-order valence-electron chi connectivity index (χ4n) is 2.44. The van der Waals surface area contributed by atoms with Crippen LogP contribution in [0.4, 0.5) is 0 Å². The van der Waals surface area contributed by atoms with Crippen molar-refractivity contribution in [2.45, 2.75) is 52.0 Å². The molecule has 1 fully saturated rings. The van der Waals surface area contributed by atoms with Crippen LogP contribution in [-0.4, -0.2) is 53.5 Å². The third kappa shape index (κ3) is 2.34. The van der Waals surface area contributed by atoms with Crippen molar-refractivity contribution in [3.05, 3.63) is 0 Å². The van der Waals surface area contributed by atoms with E-state index in [1.807, 2.05) is 20.8 Å². The van der Waals surface area contributed by atoms with E-state index in [9.17, 15) is 14.7 Å². The van der Waals surface area contributed by atoms with Crippen molar-refractivity contribution < 1.29 is 24.2 Å². The highest BCUT2D eigenvalue weighted by atomic mass is 16.6. The number of hydrogen-bond acceptors (Lipinski definition) is 5. The molecule has 0 aliphatic carbocycles. The normalized spacial score (nSPS) is 28.4. The number of ether oxygens (including phenoxy) is 2. The highest BCUT2D eigenvalue weighted by Crippen LogP contribution is 2.42. The quantitative estimate of drug-likeness (QED) is 0.599. The van der Waals surface area contributed by atoms with Gasteiger partial charge in [-0.15, -0.1) is 0 Å². The topological polar surface area (TPSA) is 76.1 Å². The van der Waals surface area contributed by atoms with E-state index in [1.54, 1.807) is 0 Å². The molecule has 0 aromatic carbocycles.